The van der Waals surface area contributed by atoms with Gasteiger partial charge < -0.3 is 4.74 Å². The molecule has 1 saturated heterocycles. The number of amides is 1. The Bertz CT molecular complexity index is 1390. The highest BCUT2D eigenvalue weighted by molar-refractivity contribution is 8.19. The third-order valence-electron chi connectivity index (χ3n) is 5.27. The van der Waals surface area contributed by atoms with E-state index in [0.29, 0.717) is 21.7 Å². The van der Waals surface area contributed by atoms with Gasteiger partial charge in [-0.05, 0) is 77.5 Å². The van der Waals surface area contributed by atoms with Crippen LogP contribution in [0.1, 0.15) is 11.1 Å². The fraction of sp³-hybridized carbons (Fsp3) is 0.0345. The molecule has 4 aromatic carbocycles. The van der Waals surface area contributed by atoms with Crippen molar-refractivity contribution in [3.63, 3.8) is 0 Å². The van der Waals surface area contributed by atoms with Crippen molar-refractivity contribution in [3.8, 4) is 5.75 Å². The van der Waals surface area contributed by atoms with Crippen LogP contribution < -0.4 is 9.64 Å². The molecular formula is C29H21ClN2O2S. The second-order valence-corrected chi connectivity index (χ2v) is 9.25. The van der Waals surface area contributed by atoms with Crippen molar-refractivity contribution >= 4 is 51.9 Å². The highest BCUT2D eigenvalue weighted by Crippen LogP contribution is 2.37. The molecule has 1 heterocycles. The number of hydrogen-bond acceptors (Lipinski definition) is 4. The molecule has 0 saturated carbocycles. The van der Waals surface area contributed by atoms with Crippen LogP contribution in [0.4, 0.5) is 11.4 Å². The predicted octanol–water partition coefficient (Wildman–Crippen LogP) is 7.73. The van der Waals surface area contributed by atoms with Gasteiger partial charge in [-0.3, -0.25) is 9.69 Å². The third kappa shape index (κ3) is 5.65. The number of benzene rings is 4. The van der Waals surface area contributed by atoms with Crippen molar-refractivity contribution in [2.75, 3.05) is 4.90 Å². The van der Waals surface area contributed by atoms with E-state index in [-0.39, 0.29) is 5.91 Å². The first kappa shape index (κ1) is 23.0. The molecule has 6 heteroatoms. The second-order valence-electron chi connectivity index (χ2n) is 7.80. The van der Waals surface area contributed by atoms with Gasteiger partial charge in [0, 0.05) is 5.02 Å². The molecule has 1 amide bonds. The quantitative estimate of drug-likeness (QED) is 0.256. The first-order chi connectivity index (χ1) is 17.2. The number of hydrogen-bond donors (Lipinski definition) is 0. The Kier molecular flexibility index (Phi) is 6.98. The number of thioether (sulfide) groups is 1. The Labute approximate surface area is 213 Å². The number of ether oxygens (including phenoxy) is 1. The molecule has 0 bridgehead atoms. The highest BCUT2D eigenvalue weighted by atomic mass is 35.5. The first-order valence-electron chi connectivity index (χ1n) is 11.1. The summed E-state index contributed by atoms with van der Waals surface area (Å²) >= 11 is 7.41. The van der Waals surface area contributed by atoms with Gasteiger partial charge in [-0.25, -0.2) is 4.99 Å². The van der Waals surface area contributed by atoms with E-state index in [0.717, 1.165) is 28.3 Å². The van der Waals surface area contributed by atoms with Gasteiger partial charge >= 0.3 is 0 Å². The smallest absolute Gasteiger partial charge is 0.271 e. The van der Waals surface area contributed by atoms with Crippen molar-refractivity contribution < 1.29 is 9.53 Å². The molecule has 0 N–H and O–H groups in total. The third-order valence-corrected chi connectivity index (χ3v) is 6.48. The van der Waals surface area contributed by atoms with E-state index < -0.39 is 0 Å². The summed E-state index contributed by atoms with van der Waals surface area (Å²) in [6.07, 6.45) is 1.89. The normalized spacial score (nSPS) is 15.7. The van der Waals surface area contributed by atoms with Gasteiger partial charge in [0.2, 0.25) is 0 Å². The molecular weight excluding hydrogens is 476 g/mol. The van der Waals surface area contributed by atoms with Gasteiger partial charge in [-0.2, -0.15) is 0 Å². The number of carbonyl (C=O) groups is 1. The van der Waals surface area contributed by atoms with Crippen LogP contribution in [0.2, 0.25) is 5.02 Å². The Hall–Kier alpha value is -3.80. The molecule has 1 aliphatic rings. The summed E-state index contributed by atoms with van der Waals surface area (Å²) < 4.78 is 5.87. The fourth-order valence-corrected chi connectivity index (χ4v) is 4.79. The monoisotopic (exact) mass is 496 g/mol. The molecule has 0 aromatic heterocycles. The van der Waals surface area contributed by atoms with Crippen LogP contribution in [0.3, 0.4) is 0 Å². The lowest BCUT2D eigenvalue weighted by atomic mass is 10.2. The zero-order valence-corrected chi connectivity index (χ0v) is 20.2. The highest BCUT2D eigenvalue weighted by Gasteiger charge is 2.34. The Balaban J connectivity index is 1.37. The van der Waals surface area contributed by atoms with Gasteiger partial charge in [-0.1, -0.05) is 72.3 Å². The molecule has 0 atom stereocenters. The van der Waals surface area contributed by atoms with Crippen LogP contribution in [-0.4, -0.2) is 11.1 Å². The molecule has 35 heavy (non-hydrogen) atoms. The van der Waals surface area contributed by atoms with Gasteiger partial charge in [0.1, 0.15) is 12.4 Å². The zero-order valence-electron chi connectivity index (χ0n) is 18.7. The SMILES string of the molecule is O=C1/C(=C\c2ccc(OCc3cccc(Cl)c3)cc2)SC(=Nc2ccccc2)N1c1ccccc1. The minimum atomic E-state index is -0.0998. The largest absolute Gasteiger partial charge is 0.489 e. The van der Waals surface area contributed by atoms with E-state index >= 15 is 0 Å². The number of anilines is 1. The molecule has 4 nitrogen and oxygen atoms in total. The Morgan fingerprint density at radius 2 is 1.57 bits per heavy atom. The fourth-order valence-electron chi connectivity index (χ4n) is 3.57. The minimum Gasteiger partial charge on any atom is -0.489 e. The zero-order chi connectivity index (χ0) is 24.0. The number of aliphatic imine (C=N–C) groups is 1. The molecule has 0 radical (unpaired) electrons. The maximum atomic E-state index is 13.4. The lowest BCUT2D eigenvalue weighted by molar-refractivity contribution is -0.113. The molecule has 4 aromatic rings. The first-order valence-corrected chi connectivity index (χ1v) is 12.3. The van der Waals surface area contributed by atoms with E-state index in [1.165, 1.54) is 11.8 Å². The summed E-state index contributed by atoms with van der Waals surface area (Å²) in [7, 11) is 0. The van der Waals surface area contributed by atoms with Crippen molar-refractivity contribution in [3.05, 3.63) is 130 Å². The van der Waals surface area contributed by atoms with Gasteiger partial charge in [0.05, 0.1) is 16.3 Å². The molecule has 0 unspecified atom stereocenters. The topological polar surface area (TPSA) is 41.9 Å². The maximum absolute atomic E-state index is 13.4. The van der Waals surface area contributed by atoms with E-state index in [4.69, 9.17) is 21.3 Å². The summed E-state index contributed by atoms with van der Waals surface area (Å²) in [4.78, 5) is 20.4. The van der Waals surface area contributed by atoms with Crippen LogP contribution in [0, 0.1) is 0 Å². The average molecular weight is 497 g/mol. The summed E-state index contributed by atoms with van der Waals surface area (Å²) in [6.45, 7) is 0.431. The van der Waals surface area contributed by atoms with Crippen molar-refractivity contribution in [2.45, 2.75) is 6.61 Å². The number of halogens is 1. The summed E-state index contributed by atoms with van der Waals surface area (Å²) in [5.74, 6) is 0.645. The Morgan fingerprint density at radius 3 is 2.29 bits per heavy atom. The van der Waals surface area contributed by atoms with Crippen LogP contribution in [0.15, 0.2) is 119 Å². The minimum absolute atomic E-state index is 0.0998. The molecule has 5 rings (SSSR count). The average Bonchev–Trinajstić information content (AvgIpc) is 3.19. The summed E-state index contributed by atoms with van der Waals surface area (Å²) in [5, 5.41) is 1.31. The molecule has 1 fully saturated rings. The lowest BCUT2D eigenvalue weighted by Gasteiger charge is -2.15. The second kappa shape index (κ2) is 10.6. The van der Waals surface area contributed by atoms with E-state index in [2.05, 4.69) is 0 Å². The number of nitrogens with zero attached hydrogens (tertiary/aromatic N) is 2. The summed E-state index contributed by atoms with van der Waals surface area (Å²) in [6, 6.07) is 34.5. The number of para-hydroxylation sites is 2. The lowest BCUT2D eigenvalue weighted by Crippen LogP contribution is -2.28. The van der Waals surface area contributed by atoms with Crippen LogP contribution >= 0.6 is 23.4 Å². The van der Waals surface area contributed by atoms with Crippen LogP contribution in [0.25, 0.3) is 6.08 Å². The predicted molar refractivity (Wildman–Crippen MR) is 145 cm³/mol. The molecule has 0 spiro atoms. The molecule has 1 aliphatic heterocycles. The van der Waals surface area contributed by atoms with Gasteiger partial charge in [0.15, 0.2) is 5.17 Å². The number of carbonyl (C=O) groups excluding carboxylic acids is 1. The van der Waals surface area contributed by atoms with Crippen molar-refractivity contribution in [2.24, 2.45) is 4.99 Å². The van der Waals surface area contributed by atoms with E-state index in [1.54, 1.807) is 4.90 Å². The molecule has 0 aliphatic carbocycles. The molecule has 172 valence electrons. The van der Waals surface area contributed by atoms with Crippen molar-refractivity contribution in [1.82, 2.24) is 0 Å². The van der Waals surface area contributed by atoms with Gasteiger partial charge in [0.25, 0.3) is 5.91 Å². The van der Waals surface area contributed by atoms with E-state index in [9.17, 15) is 4.79 Å². The van der Waals surface area contributed by atoms with Crippen LogP contribution in [0.5, 0.6) is 5.75 Å². The maximum Gasteiger partial charge on any atom is 0.271 e. The van der Waals surface area contributed by atoms with Gasteiger partial charge in [-0.15, -0.1) is 0 Å². The number of rotatable bonds is 6. The number of amidine groups is 1. The standard InChI is InChI=1S/C29H21ClN2O2S/c30-23-9-7-8-22(18-23)20-34-26-16-14-21(15-17-26)19-27-28(33)32(25-12-5-2-6-13-25)29(35-27)31-24-10-3-1-4-11-24/h1-19H,20H2/b27-19+,31-29?. The van der Waals surface area contributed by atoms with E-state index in [1.807, 2.05) is 115 Å². The Morgan fingerprint density at radius 1 is 0.857 bits per heavy atom. The van der Waals surface area contributed by atoms with Crippen molar-refractivity contribution in [1.29, 1.82) is 0 Å². The van der Waals surface area contributed by atoms with Crippen LogP contribution in [-0.2, 0) is 11.4 Å². The summed E-state index contributed by atoms with van der Waals surface area (Å²) in [5.41, 5.74) is 3.49.